The summed E-state index contributed by atoms with van der Waals surface area (Å²) in [4.78, 5) is 2.35. The molecule has 2 heteroatoms. The van der Waals surface area contributed by atoms with E-state index in [2.05, 4.69) is 82.7 Å². The van der Waals surface area contributed by atoms with Crippen LogP contribution >= 0.6 is 0 Å². The third kappa shape index (κ3) is 5.46. The normalized spacial score (nSPS) is 13.5. The molecular formula is C21H34N2. The monoisotopic (exact) mass is 314 g/mol. The van der Waals surface area contributed by atoms with E-state index >= 15 is 0 Å². The van der Waals surface area contributed by atoms with Crippen molar-refractivity contribution in [3.8, 4) is 0 Å². The molecule has 0 aliphatic heterocycles. The summed E-state index contributed by atoms with van der Waals surface area (Å²) < 4.78 is 0. The highest BCUT2D eigenvalue weighted by Gasteiger charge is 2.12. The Bertz CT molecular complexity index is 528. The lowest BCUT2D eigenvalue weighted by atomic mass is 9.99. The maximum Gasteiger partial charge on any atom is 0.0619 e. The van der Waals surface area contributed by atoms with E-state index in [4.69, 9.17) is 0 Å². The summed E-state index contributed by atoms with van der Waals surface area (Å²) in [6, 6.07) is 8.57. The van der Waals surface area contributed by atoms with Crippen molar-refractivity contribution in [1.29, 1.82) is 0 Å². The van der Waals surface area contributed by atoms with Gasteiger partial charge in [-0.15, -0.1) is 0 Å². The van der Waals surface area contributed by atoms with Gasteiger partial charge in [0.1, 0.15) is 0 Å². The molecule has 23 heavy (non-hydrogen) atoms. The first kappa shape index (κ1) is 19.3. The molecule has 1 aromatic rings. The van der Waals surface area contributed by atoms with Gasteiger partial charge in [0.2, 0.25) is 0 Å². The van der Waals surface area contributed by atoms with Crippen LogP contribution in [0.1, 0.15) is 47.5 Å². The Kier molecular flexibility index (Phi) is 7.94. The van der Waals surface area contributed by atoms with Crippen LogP contribution in [0.2, 0.25) is 0 Å². The van der Waals surface area contributed by atoms with Gasteiger partial charge >= 0.3 is 0 Å². The molecule has 1 rings (SSSR count). The highest BCUT2D eigenvalue weighted by Crippen LogP contribution is 2.29. The van der Waals surface area contributed by atoms with Gasteiger partial charge in [-0.3, -0.25) is 0 Å². The quantitative estimate of drug-likeness (QED) is 0.555. The number of nitrogens with one attached hydrogen (secondary N) is 1. The van der Waals surface area contributed by atoms with E-state index < -0.39 is 0 Å². The minimum atomic E-state index is 0.472. The zero-order valence-electron chi connectivity index (χ0n) is 15.8. The standard InChI is InChI=1S/C21H34N2/c1-8-17(6)15-23(7)21-14-12-11-13-20(21)22-19(10-3)18(9-2)16(4)5/h9,11-14,16-17,22H,2,8,10,15H2,1,3-7H3/b19-18-. The van der Waals surface area contributed by atoms with E-state index in [9.17, 15) is 0 Å². The molecule has 0 aliphatic carbocycles. The topological polar surface area (TPSA) is 15.3 Å². The number of benzene rings is 1. The van der Waals surface area contributed by atoms with Crippen LogP contribution in [-0.4, -0.2) is 13.6 Å². The van der Waals surface area contributed by atoms with E-state index in [0.29, 0.717) is 11.8 Å². The van der Waals surface area contributed by atoms with E-state index in [1.807, 2.05) is 6.08 Å². The fraction of sp³-hybridized carbons (Fsp3) is 0.524. The summed E-state index contributed by atoms with van der Waals surface area (Å²) in [5.41, 5.74) is 4.99. The number of anilines is 2. The second-order valence-corrected chi connectivity index (χ2v) is 6.68. The minimum Gasteiger partial charge on any atom is -0.373 e. The molecule has 128 valence electrons. The predicted molar refractivity (Wildman–Crippen MR) is 105 cm³/mol. The second-order valence-electron chi connectivity index (χ2n) is 6.68. The number of allylic oxidation sites excluding steroid dienone is 3. The fourth-order valence-electron chi connectivity index (χ4n) is 2.84. The molecule has 1 aromatic carbocycles. The van der Waals surface area contributed by atoms with Gasteiger partial charge in [0.25, 0.3) is 0 Å². The third-order valence-electron chi connectivity index (χ3n) is 4.43. The molecule has 0 radical (unpaired) electrons. The molecular weight excluding hydrogens is 280 g/mol. The summed E-state index contributed by atoms with van der Waals surface area (Å²) in [5.74, 6) is 1.16. The Labute approximate surface area is 143 Å². The Balaban J connectivity index is 3.11. The summed E-state index contributed by atoms with van der Waals surface area (Å²) in [6.07, 6.45) is 4.17. The summed E-state index contributed by atoms with van der Waals surface area (Å²) in [5, 5.41) is 3.67. The maximum absolute atomic E-state index is 3.99. The lowest BCUT2D eigenvalue weighted by molar-refractivity contribution is 0.560. The van der Waals surface area contributed by atoms with E-state index in [1.165, 1.54) is 29.1 Å². The van der Waals surface area contributed by atoms with Crippen LogP contribution in [0.25, 0.3) is 0 Å². The van der Waals surface area contributed by atoms with Crippen LogP contribution in [0, 0.1) is 11.8 Å². The first-order valence-electron chi connectivity index (χ1n) is 8.87. The van der Waals surface area contributed by atoms with Crippen LogP contribution in [0.15, 0.2) is 48.2 Å². The van der Waals surface area contributed by atoms with Crippen molar-refractivity contribution in [3.05, 3.63) is 48.2 Å². The Morgan fingerprint density at radius 1 is 1.22 bits per heavy atom. The van der Waals surface area contributed by atoms with Crippen LogP contribution in [-0.2, 0) is 0 Å². The van der Waals surface area contributed by atoms with E-state index in [0.717, 1.165) is 13.0 Å². The van der Waals surface area contributed by atoms with Crippen molar-refractivity contribution in [2.45, 2.75) is 47.5 Å². The fourth-order valence-corrected chi connectivity index (χ4v) is 2.84. The van der Waals surface area contributed by atoms with Crippen molar-refractivity contribution in [2.75, 3.05) is 23.8 Å². The van der Waals surface area contributed by atoms with Crippen LogP contribution in [0.5, 0.6) is 0 Å². The Morgan fingerprint density at radius 3 is 2.39 bits per heavy atom. The van der Waals surface area contributed by atoms with Gasteiger partial charge in [-0.05, 0) is 36.0 Å². The SMILES string of the molecule is C=C/C(=C(\CC)Nc1ccccc1N(C)CC(C)CC)C(C)C. The highest BCUT2D eigenvalue weighted by molar-refractivity contribution is 5.71. The minimum absolute atomic E-state index is 0.472. The number of nitrogens with zero attached hydrogens (tertiary/aromatic N) is 1. The van der Waals surface area contributed by atoms with Gasteiger partial charge in [-0.2, -0.15) is 0 Å². The molecule has 0 fully saturated rings. The average Bonchev–Trinajstić information content (AvgIpc) is 2.54. The molecule has 0 spiro atoms. The van der Waals surface area contributed by atoms with E-state index in [-0.39, 0.29) is 0 Å². The number of hydrogen-bond donors (Lipinski definition) is 1. The largest absolute Gasteiger partial charge is 0.373 e. The molecule has 0 bridgehead atoms. The zero-order chi connectivity index (χ0) is 17.4. The molecule has 2 nitrogen and oxygen atoms in total. The van der Waals surface area contributed by atoms with Gasteiger partial charge in [0.05, 0.1) is 11.4 Å². The molecule has 0 saturated carbocycles. The first-order valence-corrected chi connectivity index (χ1v) is 8.87. The van der Waals surface area contributed by atoms with Crippen LogP contribution in [0.4, 0.5) is 11.4 Å². The third-order valence-corrected chi connectivity index (χ3v) is 4.43. The molecule has 0 aromatic heterocycles. The van der Waals surface area contributed by atoms with E-state index in [1.54, 1.807) is 0 Å². The smallest absolute Gasteiger partial charge is 0.0619 e. The molecule has 0 heterocycles. The van der Waals surface area contributed by atoms with Crippen molar-refractivity contribution in [2.24, 2.45) is 11.8 Å². The summed E-state index contributed by atoms with van der Waals surface area (Å²) in [7, 11) is 2.18. The molecule has 0 saturated heterocycles. The van der Waals surface area contributed by atoms with Crippen molar-refractivity contribution >= 4 is 11.4 Å². The molecule has 1 N–H and O–H groups in total. The molecule has 0 amide bonds. The van der Waals surface area contributed by atoms with Crippen molar-refractivity contribution in [1.82, 2.24) is 0 Å². The zero-order valence-corrected chi connectivity index (χ0v) is 15.8. The first-order chi connectivity index (χ1) is 10.9. The molecule has 1 unspecified atom stereocenters. The maximum atomic E-state index is 3.99. The Hall–Kier alpha value is -1.70. The molecule has 0 aliphatic rings. The van der Waals surface area contributed by atoms with Crippen molar-refractivity contribution in [3.63, 3.8) is 0 Å². The summed E-state index contributed by atoms with van der Waals surface area (Å²) >= 11 is 0. The van der Waals surface area contributed by atoms with Gasteiger partial charge in [0, 0.05) is 19.3 Å². The molecule has 1 atom stereocenters. The lowest BCUT2D eigenvalue weighted by Crippen LogP contribution is -2.24. The predicted octanol–water partition coefficient (Wildman–Crippen LogP) is 6.09. The van der Waals surface area contributed by atoms with Gasteiger partial charge in [0.15, 0.2) is 0 Å². The average molecular weight is 315 g/mol. The highest BCUT2D eigenvalue weighted by atomic mass is 15.1. The van der Waals surface area contributed by atoms with Crippen LogP contribution < -0.4 is 10.2 Å². The number of hydrogen-bond acceptors (Lipinski definition) is 2. The summed E-state index contributed by atoms with van der Waals surface area (Å²) in [6.45, 7) is 16.2. The van der Waals surface area contributed by atoms with Gasteiger partial charge < -0.3 is 10.2 Å². The Morgan fingerprint density at radius 2 is 1.87 bits per heavy atom. The van der Waals surface area contributed by atoms with Crippen molar-refractivity contribution < 1.29 is 0 Å². The second kappa shape index (κ2) is 9.44. The van der Waals surface area contributed by atoms with Gasteiger partial charge in [-0.25, -0.2) is 0 Å². The number of rotatable bonds is 9. The lowest BCUT2D eigenvalue weighted by Gasteiger charge is -2.26. The van der Waals surface area contributed by atoms with Crippen LogP contribution in [0.3, 0.4) is 0 Å². The number of para-hydroxylation sites is 2. The van der Waals surface area contributed by atoms with Gasteiger partial charge in [-0.1, -0.05) is 65.8 Å².